The highest BCUT2D eigenvalue weighted by Gasteiger charge is 2.32. The van der Waals surface area contributed by atoms with Gasteiger partial charge in [-0.3, -0.25) is 9.59 Å². The van der Waals surface area contributed by atoms with Crippen LogP contribution in [0.2, 0.25) is 5.02 Å². The van der Waals surface area contributed by atoms with E-state index in [4.69, 9.17) is 21.1 Å². The average molecular weight is 570 g/mol. The number of fused-ring (bicyclic) bond motifs is 1. The van der Waals surface area contributed by atoms with Crippen LogP contribution >= 0.6 is 11.6 Å². The fraction of sp³-hybridized carbons (Fsp3) is 0.161. The lowest BCUT2D eigenvalue weighted by Crippen LogP contribution is -2.42. The number of hydrogen-bond acceptors (Lipinski definition) is 6. The molecule has 5 rings (SSSR count). The molecule has 0 spiro atoms. The number of carbonyl (C=O) groups excluding carboxylic acids is 2. The van der Waals surface area contributed by atoms with Crippen LogP contribution in [0.4, 0.5) is 5.69 Å². The second-order valence-corrected chi connectivity index (χ2v) is 9.71. The quantitative estimate of drug-likeness (QED) is 0.238. The van der Waals surface area contributed by atoms with Crippen LogP contribution in [0, 0.1) is 0 Å². The number of amides is 2. The van der Waals surface area contributed by atoms with E-state index < -0.39 is 6.04 Å². The Morgan fingerprint density at radius 3 is 2.17 bits per heavy atom. The number of anilines is 1. The zero-order valence-corrected chi connectivity index (χ0v) is 23.3. The standard InChI is InChI=1S/C31H28ClN5O4/c1-40-25-15-7-21(8-16-25)19-36(29(38)20-37-28-6-4-3-5-27(28)34-35-37)30(22-9-11-23(32)12-10-22)31(39)33-24-13-17-26(41-2)18-14-24/h3-18,30H,19-20H2,1-2H3,(H,33,39)/t30-/m0/s1. The van der Waals surface area contributed by atoms with Crippen molar-refractivity contribution in [2.45, 2.75) is 19.1 Å². The van der Waals surface area contributed by atoms with E-state index in [-0.39, 0.29) is 24.9 Å². The molecule has 1 aromatic heterocycles. The number of benzene rings is 4. The first kappa shape index (κ1) is 27.7. The minimum absolute atomic E-state index is 0.115. The maximum Gasteiger partial charge on any atom is 0.251 e. The van der Waals surface area contributed by atoms with Crippen LogP contribution < -0.4 is 14.8 Å². The molecule has 0 unspecified atom stereocenters. The molecule has 0 aliphatic carbocycles. The summed E-state index contributed by atoms with van der Waals surface area (Å²) in [5.41, 5.74) is 3.38. The molecule has 0 bridgehead atoms. The molecule has 1 atom stereocenters. The Morgan fingerprint density at radius 2 is 1.51 bits per heavy atom. The predicted molar refractivity (Wildman–Crippen MR) is 157 cm³/mol. The third-order valence-corrected chi connectivity index (χ3v) is 6.89. The Bertz CT molecular complexity index is 1640. The first-order chi connectivity index (χ1) is 19.9. The fourth-order valence-corrected chi connectivity index (χ4v) is 4.63. The van der Waals surface area contributed by atoms with Crippen molar-refractivity contribution in [3.8, 4) is 11.5 Å². The molecule has 0 aliphatic rings. The van der Waals surface area contributed by atoms with Gasteiger partial charge in [0.2, 0.25) is 5.91 Å². The van der Waals surface area contributed by atoms with Crippen molar-refractivity contribution in [1.82, 2.24) is 19.9 Å². The van der Waals surface area contributed by atoms with Crippen molar-refractivity contribution in [2.24, 2.45) is 0 Å². The van der Waals surface area contributed by atoms with Gasteiger partial charge < -0.3 is 19.7 Å². The Hall–Kier alpha value is -4.89. The van der Waals surface area contributed by atoms with Gasteiger partial charge in [-0.2, -0.15) is 0 Å². The van der Waals surface area contributed by atoms with Crippen LogP contribution in [0.3, 0.4) is 0 Å². The zero-order chi connectivity index (χ0) is 28.8. The Labute approximate surface area is 242 Å². The molecule has 2 amide bonds. The number of nitrogens with zero attached hydrogens (tertiary/aromatic N) is 4. The van der Waals surface area contributed by atoms with Crippen molar-refractivity contribution >= 4 is 40.1 Å². The van der Waals surface area contributed by atoms with Gasteiger partial charge in [-0.15, -0.1) is 5.10 Å². The van der Waals surface area contributed by atoms with E-state index in [1.54, 1.807) is 72.3 Å². The number of rotatable bonds is 10. The van der Waals surface area contributed by atoms with E-state index in [0.717, 1.165) is 11.1 Å². The average Bonchev–Trinajstić information content (AvgIpc) is 3.41. The van der Waals surface area contributed by atoms with Crippen LogP contribution in [0.15, 0.2) is 97.1 Å². The predicted octanol–water partition coefficient (Wildman–Crippen LogP) is 5.51. The SMILES string of the molecule is COc1ccc(CN(C(=O)Cn2nnc3ccccc32)[C@H](C(=O)Nc2ccc(OC)cc2)c2ccc(Cl)cc2)cc1. The highest BCUT2D eigenvalue weighted by Crippen LogP contribution is 2.28. The lowest BCUT2D eigenvalue weighted by atomic mass is 10.0. The van der Waals surface area contributed by atoms with Crippen molar-refractivity contribution in [2.75, 3.05) is 19.5 Å². The van der Waals surface area contributed by atoms with Crippen molar-refractivity contribution in [3.63, 3.8) is 0 Å². The van der Waals surface area contributed by atoms with Crippen LogP contribution in [0.1, 0.15) is 17.2 Å². The normalized spacial score (nSPS) is 11.6. The maximum absolute atomic E-state index is 14.1. The number of carbonyl (C=O) groups is 2. The summed E-state index contributed by atoms with van der Waals surface area (Å²) in [5, 5.41) is 11.8. The molecule has 1 heterocycles. The second-order valence-electron chi connectivity index (χ2n) is 9.28. The van der Waals surface area contributed by atoms with E-state index >= 15 is 0 Å². The third kappa shape index (κ3) is 6.47. The van der Waals surface area contributed by atoms with E-state index in [1.807, 2.05) is 48.5 Å². The molecule has 10 heteroatoms. The monoisotopic (exact) mass is 569 g/mol. The van der Waals surface area contributed by atoms with Gasteiger partial charge in [-0.05, 0) is 71.8 Å². The molecular weight excluding hydrogens is 542 g/mol. The number of hydrogen-bond donors (Lipinski definition) is 1. The Morgan fingerprint density at radius 1 is 0.878 bits per heavy atom. The molecule has 0 saturated heterocycles. The minimum Gasteiger partial charge on any atom is -0.497 e. The largest absolute Gasteiger partial charge is 0.497 e. The number of halogens is 1. The Balaban J connectivity index is 1.53. The molecule has 208 valence electrons. The smallest absolute Gasteiger partial charge is 0.251 e. The summed E-state index contributed by atoms with van der Waals surface area (Å²) in [4.78, 5) is 29.6. The summed E-state index contributed by atoms with van der Waals surface area (Å²) in [6.45, 7) is 0.0371. The van der Waals surface area contributed by atoms with Crippen molar-refractivity contribution in [3.05, 3.63) is 113 Å². The number of ether oxygens (including phenoxy) is 2. The minimum atomic E-state index is -0.987. The summed E-state index contributed by atoms with van der Waals surface area (Å²) < 4.78 is 12.1. The van der Waals surface area contributed by atoms with E-state index in [2.05, 4.69) is 15.6 Å². The number of para-hydroxylation sites is 1. The van der Waals surface area contributed by atoms with E-state index in [9.17, 15) is 9.59 Å². The van der Waals surface area contributed by atoms with Gasteiger partial charge >= 0.3 is 0 Å². The van der Waals surface area contributed by atoms with E-state index in [0.29, 0.717) is 33.3 Å². The first-order valence-electron chi connectivity index (χ1n) is 12.9. The molecule has 1 N–H and O–H groups in total. The van der Waals surface area contributed by atoms with Crippen LogP contribution in [0.5, 0.6) is 11.5 Å². The number of methoxy groups -OCH3 is 2. The van der Waals surface area contributed by atoms with Crippen molar-refractivity contribution < 1.29 is 19.1 Å². The molecule has 9 nitrogen and oxygen atoms in total. The number of nitrogens with one attached hydrogen (secondary N) is 1. The van der Waals surface area contributed by atoms with Crippen molar-refractivity contribution in [1.29, 1.82) is 0 Å². The molecule has 0 fully saturated rings. The summed E-state index contributed by atoms with van der Waals surface area (Å²) in [6, 6.07) is 27.7. The molecule has 5 aromatic rings. The van der Waals surface area contributed by atoms with Gasteiger partial charge in [-0.25, -0.2) is 4.68 Å². The molecule has 0 radical (unpaired) electrons. The zero-order valence-electron chi connectivity index (χ0n) is 22.5. The van der Waals surface area contributed by atoms with Gasteiger partial charge in [0.1, 0.15) is 29.6 Å². The van der Waals surface area contributed by atoms with Gasteiger partial charge in [-0.1, -0.05) is 53.2 Å². The van der Waals surface area contributed by atoms with Crippen LogP contribution in [-0.4, -0.2) is 45.9 Å². The highest BCUT2D eigenvalue weighted by atomic mass is 35.5. The molecule has 4 aromatic carbocycles. The summed E-state index contributed by atoms with van der Waals surface area (Å²) in [7, 11) is 3.17. The topological polar surface area (TPSA) is 98.6 Å². The van der Waals surface area contributed by atoms with Gasteiger partial charge in [0.25, 0.3) is 5.91 Å². The van der Waals surface area contributed by atoms with Crippen LogP contribution in [-0.2, 0) is 22.7 Å². The Kier molecular flexibility index (Phi) is 8.45. The summed E-state index contributed by atoms with van der Waals surface area (Å²) >= 11 is 6.18. The van der Waals surface area contributed by atoms with Crippen LogP contribution in [0.25, 0.3) is 11.0 Å². The van der Waals surface area contributed by atoms with Gasteiger partial charge in [0, 0.05) is 17.3 Å². The number of aromatic nitrogens is 3. The first-order valence-corrected chi connectivity index (χ1v) is 13.2. The fourth-order valence-electron chi connectivity index (χ4n) is 4.51. The van der Waals surface area contributed by atoms with E-state index in [1.165, 1.54) is 0 Å². The summed E-state index contributed by atoms with van der Waals surface area (Å²) in [5.74, 6) is 0.643. The van der Waals surface area contributed by atoms with Gasteiger partial charge in [0.05, 0.1) is 19.7 Å². The third-order valence-electron chi connectivity index (χ3n) is 6.64. The lowest BCUT2D eigenvalue weighted by Gasteiger charge is -2.32. The summed E-state index contributed by atoms with van der Waals surface area (Å²) in [6.07, 6.45) is 0. The lowest BCUT2D eigenvalue weighted by molar-refractivity contribution is -0.140. The molecule has 0 aliphatic heterocycles. The highest BCUT2D eigenvalue weighted by molar-refractivity contribution is 6.30. The molecular formula is C31H28ClN5O4. The molecule has 41 heavy (non-hydrogen) atoms. The van der Waals surface area contributed by atoms with Gasteiger partial charge in [0.15, 0.2) is 0 Å². The maximum atomic E-state index is 14.1. The second kappa shape index (κ2) is 12.5. The molecule has 0 saturated carbocycles.